The number of ketones is 1. The van der Waals surface area contributed by atoms with Crippen LogP contribution < -0.4 is 0 Å². The zero-order chi connectivity index (χ0) is 8.06. The highest BCUT2D eigenvalue weighted by molar-refractivity contribution is 5.93. The summed E-state index contributed by atoms with van der Waals surface area (Å²) < 4.78 is 0. The maximum absolute atomic E-state index is 11.0. The molecule has 0 N–H and O–H groups in total. The zero-order valence-corrected chi connectivity index (χ0v) is 7.18. The second kappa shape index (κ2) is 1.96. The van der Waals surface area contributed by atoms with Gasteiger partial charge in [-0.2, -0.15) is 0 Å². The molecule has 60 valence electrons. The van der Waals surface area contributed by atoms with E-state index in [0.29, 0.717) is 17.1 Å². The molecule has 0 aliphatic heterocycles. The van der Waals surface area contributed by atoms with Gasteiger partial charge in [-0.25, -0.2) is 0 Å². The monoisotopic (exact) mass is 150 g/mol. The molecule has 11 heavy (non-hydrogen) atoms. The van der Waals surface area contributed by atoms with Crippen molar-refractivity contribution in [1.82, 2.24) is 0 Å². The smallest absolute Gasteiger partial charge is 0.156 e. The summed E-state index contributed by atoms with van der Waals surface area (Å²) in [5.74, 6) is 0.956. The molecule has 0 aromatic heterocycles. The highest BCUT2D eigenvalue weighted by Crippen LogP contribution is 2.48. The lowest BCUT2D eigenvalue weighted by molar-refractivity contribution is -0.114. The molecule has 0 aromatic carbocycles. The van der Waals surface area contributed by atoms with Crippen LogP contribution >= 0.6 is 0 Å². The van der Waals surface area contributed by atoms with Crippen molar-refractivity contribution in [1.29, 1.82) is 0 Å². The Morgan fingerprint density at radius 1 is 1.55 bits per heavy atom. The molecule has 1 heteroatoms. The summed E-state index contributed by atoms with van der Waals surface area (Å²) in [5, 5.41) is 0. The quantitative estimate of drug-likeness (QED) is 0.518. The van der Waals surface area contributed by atoms with Gasteiger partial charge in [0.2, 0.25) is 0 Å². The van der Waals surface area contributed by atoms with Crippen molar-refractivity contribution in [3.05, 3.63) is 11.6 Å². The second-order valence-corrected chi connectivity index (χ2v) is 4.63. The van der Waals surface area contributed by atoms with Gasteiger partial charge in [0.25, 0.3) is 0 Å². The summed E-state index contributed by atoms with van der Waals surface area (Å²) in [5.41, 5.74) is 1.87. The van der Waals surface area contributed by atoms with Crippen LogP contribution in [0.25, 0.3) is 0 Å². The summed E-state index contributed by atoms with van der Waals surface area (Å²) in [4.78, 5) is 11.0. The van der Waals surface area contributed by atoms with Crippen molar-refractivity contribution < 1.29 is 4.79 Å². The molecule has 1 atom stereocenters. The molecule has 0 spiro atoms. The van der Waals surface area contributed by atoms with Gasteiger partial charge in [-0.05, 0) is 30.3 Å². The van der Waals surface area contributed by atoms with E-state index in [1.165, 1.54) is 12.0 Å². The largest absolute Gasteiger partial charge is 0.295 e. The van der Waals surface area contributed by atoms with Gasteiger partial charge in [0, 0.05) is 6.42 Å². The Morgan fingerprint density at radius 3 is 2.91 bits per heavy atom. The molecule has 0 heterocycles. The Kier molecular flexibility index (Phi) is 1.26. The summed E-state index contributed by atoms with van der Waals surface area (Å²) in [6.45, 7) is 4.58. The van der Waals surface area contributed by atoms with Crippen LogP contribution in [0.4, 0.5) is 0 Å². The number of hydrogen-bond donors (Lipinski definition) is 0. The molecule has 1 nitrogen and oxygen atoms in total. The predicted molar refractivity (Wildman–Crippen MR) is 44.2 cm³/mol. The van der Waals surface area contributed by atoms with E-state index in [2.05, 4.69) is 13.8 Å². The first kappa shape index (κ1) is 7.08. The Bertz CT molecular complexity index is 235. The standard InChI is InChI=1S/C10H14O/c1-10(2)5-7-3-9(11)4-8(7)6-10/h3,8H,4-6H2,1-2H3/t8-/m0/s1. The number of hydrogen-bond acceptors (Lipinski definition) is 1. The van der Waals surface area contributed by atoms with Crippen LogP contribution in [0.1, 0.15) is 33.1 Å². The number of carbonyl (C=O) groups is 1. The minimum absolute atomic E-state index is 0.348. The van der Waals surface area contributed by atoms with Gasteiger partial charge in [-0.1, -0.05) is 19.4 Å². The maximum atomic E-state index is 11.0. The van der Waals surface area contributed by atoms with Gasteiger partial charge in [-0.3, -0.25) is 4.79 Å². The normalized spacial score (nSPS) is 33.8. The highest BCUT2D eigenvalue weighted by atomic mass is 16.1. The number of fused-ring (bicyclic) bond motifs is 1. The first-order chi connectivity index (χ1) is 5.07. The lowest BCUT2D eigenvalue weighted by atomic mass is 9.89. The summed E-state index contributed by atoms with van der Waals surface area (Å²) in [6, 6.07) is 0. The van der Waals surface area contributed by atoms with Crippen LogP contribution in [0.3, 0.4) is 0 Å². The summed E-state index contributed by atoms with van der Waals surface area (Å²) >= 11 is 0. The van der Waals surface area contributed by atoms with Crippen molar-refractivity contribution in [3.8, 4) is 0 Å². The van der Waals surface area contributed by atoms with Crippen LogP contribution in [0.2, 0.25) is 0 Å². The fourth-order valence-electron chi connectivity index (χ4n) is 2.45. The van der Waals surface area contributed by atoms with Gasteiger partial charge in [0.15, 0.2) is 5.78 Å². The van der Waals surface area contributed by atoms with Crippen molar-refractivity contribution >= 4 is 5.78 Å². The zero-order valence-electron chi connectivity index (χ0n) is 7.18. The van der Waals surface area contributed by atoms with Crippen molar-refractivity contribution in [2.45, 2.75) is 33.1 Å². The van der Waals surface area contributed by atoms with Crippen LogP contribution in [0.15, 0.2) is 11.6 Å². The molecular weight excluding hydrogens is 136 g/mol. The topological polar surface area (TPSA) is 17.1 Å². The van der Waals surface area contributed by atoms with E-state index >= 15 is 0 Å². The molecule has 0 saturated heterocycles. The molecule has 0 unspecified atom stereocenters. The SMILES string of the molecule is CC1(C)CC2=CC(=O)C[C@H]2C1. The van der Waals surface area contributed by atoms with Gasteiger partial charge in [-0.15, -0.1) is 0 Å². The molecule has 2 rings (SSSR count). The minimum Gasteiger partial charge on any atom is -0.295 e. The maximum Gasteiger partial charge on any atom is 0.156 e. The number of rotatable bonds is 0. The third kappa shape index (κ3) is 1.13. The van der Waals surface area contributed by atoms with Crippen molar-refractivity contribution in [3.63, 3.8) is 0 Å². The van der Waals surface area contributed by atoms with Gasteiger partial charge >= 0.3 is 0 Å². The fourth-order valence-corrected chi connectivity index (χ4v) is 2.45. The lowest BCUT2D eigenvalue weighted by Crippen LogP contribution is -2.06. The second-order valence-electron chi connectivity index (χ2n) is 4.63. The lowest BCUT2D eigenvalue weighted by Gasteiger charge is -2.15. The molecule has 2 aliphatic carbocycles. The molecular formula is C10H14O. The van der Waals surface area contributed by atoms with Crippen LogP contribution in [-0.2, 0) is 4.79 Å². The Hall–Kier alpha value is -0.590. The van der Waals surface area contributed by atoms with Crippen LogP contribution in [0, 0.1) is 11.3 Å². The van der Waals surface area contributed by atoms with Crippen LogP contribution in [-0.4, -0.2) is 5.78 Å². The average Bonchev–Trinajstić information content (AvgIpc) is 2.17. The predicted octanol–water partition coefficient (Wildman–Crippen LogP) is 2.32. The van der Waals surface area contributed by atoms with E-state index in [1.54, 1.807) is 0 Å². The molecule has 2 aliphatic rings. The number of carbonyl (C=O) groups excluding carboxylic acids is 1. The highest BCUT2D eigenvalue weighted by Gasteiger charge is 2.38. The molecule has 0 aromatic rings. The number of allylic oxidation sites excluding steroid dienone is 2. The Labute approximate surface area is 67.5 Å². The van der Waals surface area contributed by atoms with Gasteiger partial charge < -0.3 is 0 Å². The van der Waals surface area contributed by atoms with Gasteiger partial charge in [0.05, 0.1) is 0 Å². The molecule has 0 amide bonds. The summed E-state index contributed by atoms with van der Waals surface area (Å²) in [6.07, 6.45) is 5.02. The van der Waals surface area contributed by atoms with E-state index in [0.717, 1.165) is 12.8 Å². The average molecular weight is 150 g/mol. The third-order valence-electron chi connectivity index (χ3n) is 2.80. The molecule has 1 saturated carbocycles. The first-order valence-corrected chi connectivity index (χ1v) is 4.30. The van der Waals surface area contributed by atoms with Crippen LogP contribution in [0.5, 0.6) is 0 Å². The van der Waals surface area contributed by atoms with Crippen molar-refractivity contribution in [2.75, 3.05) is 0 Å². The van der Waals surface area contributed by atoms with E-state index in [9.17, 15) is 4.79 Å². The summed E-state index contributed by atoms with van der Waals surface area (Å²) in [7, 11) is 0. The fraction of sp³-hybridized carbons (Fsp3) is 0.700. The van der Waals surface area contributed by atoms with E-state index < -0.39 is 0 Å². The molecule has 0 bridgehead atoms. The Morgan fingerprint density at radius 2 is 2.27 bits per heavy atom. The Balaban J connectivity index is 2.24. The molecule has 0 radical (unpaired) electrons. The van der Waals surface area contributed by atoms with Crippen molar-refractivity contribution in [2.24, 2.45) is 11.3 Å². The third-order valence-corrected chi connectivity index (χ3v) is 2.80. The van der Waals surface area contributed by atoms with E-state index in [1.807, 2.05) is 6.08 Å². The van der Waals surface area contributed by atoms with E-state index in [4.69, 9.17) is 0 Å². The molecule has 1 fully saturated rings. The minimum atomic E-state index is 0.348. The van der Waals surface area contributed by atoms with E-state index in [-0.39, 0.29) is 0 Å². The first-order valence-electron chi connectivity index (χ1n) is 4.30. The van der Waals surface area contributed by atoms with Gasteiger partial charge in [0.1, 0.15) is 0 Å².